The Labute approximate surface area is 830 Å². The van der Waals surface area contributed by atoms with Crippen LogP contribution in [0.1, 0.15) is 211 Å². The summed E-state index contributed by atoms with van der Waals surface area (Å²) in [6, 6.07) is 35.4. The van der Waals surface area contributed by atoms with Gasteiger partial charge in [-0.1, -0.05) is 39.8 Å². The molecule has 142 heavy (non-hydrogen) atoms. The topological polar surface area (TPSA) is 483 Å². The van der Waals surface area contributed by atoms with E-state index in [1.807, 2.05) is 76.4 Å². The van der Waals surface area contributed by atoms with E-state index < -0.39 is 58.7 Å². The molecule has 0 amide bonds. The quantitative estimate of drug-likeness (QED) is 0.0269. The normalized spacial score (nSPS) is 14.5. The minimum atomic E-state index is -0.699. The molecule has 18 rings (SSSR count). The molecule has 3 saturated heterocycles. The molecule has 4 aliphatic rings. The van der Waals surface area contributed by atoms with Crippen LogP contribution in [0, 0.1) is 51.7 Å². The second-order valence-corrected chi connectivity index (χ2v) is 38.8. The number of nitrogens with zero attached hydrogens (tertiary/aromatic N) is 17. The monoisotopic (exact) mass is 1960 g/mol. The summed E-state index contributed by atoms with van der Waals surface area (Å²) in [4.78, 5) is 161. The third-order valence-corrected chi connectivity index (χ3v) is 24.6. The van der Waals surface area contributed by atoms with Crippen LogP contribution in [-0.4, -0.2) is 202 Å². The number of hydrogen-bond acceptors (Lipinski definition) is 30. The predicted molar refractivity (Wildman–Crippen MR) is 538 cm³/mol. The number of ketones is 3. The minimum absolute atomic E-state index is 0. The van der Waals surface area contributed by atoms with Crippen LogP contribution in [-0.2, 0) is 44.5 Å². The number of halogens is 2. The summed E-state index contributed by atoms with van der Waals surface area (Å²) < 4.78 is 30.8. The number of benzene rings is 3. The Morgan fingerprint density at radius 3 is 1.19 bits per heavy atom. The van der Waals surface area contributed by atoms with Gasteiger partial charge in [0.25, 0.3) is 0 Å². The van der Waals surface area contributed by atoms with Crippen molar-refractivity contribution < 1.29 is 67.1 Å². The average Bonchev–Trinajstić information content (AvgIpc) is 1.61. The van der Waals surface area contributed by atoms with Crippen molar-refractivity contribution in [2.24, 2.45) is 23.5 Å². The van der Waals surface area contributed by atoms with E-state index in [0.717, 1.165) is 34.7 Å². The first kappa shape index (κ1) is 102. The van der Waals surface area contributed by atoms with Gasteiger partial charge in [-0.2, -0.15) is 15.8 Å². The number of fused-ring (bicyclic) bond motifs is 6. The fraction of sp³-hybridized carbons (Fsp3) is 0.352. The van der Waals surface area contributed by atoms with Crippen molar-refractivity contribution in [1.29, 1.82) is 15.8 Å². The molecule has 0 spiro atoms. The highest BCUT2D eigenvalue weighted by Gasteiger charge is 2.36. The van der Waals surface area contributed by atoms with Gasteiger partial charge in [-0.25, -0.2) is 39.5 Å². The number of carbonyl (C=O) groups is 8. The summed E-state index contributed by atoms with van der Waals surface area (Å²) in [5.41, 5.74) is 16.0. The van der Waals surface area contributed by atoms with Gasteiger partial charge in [0, 0.05) is 163 Å². The summed E-state index contributed by atoms with van der Waals surface area (Å²) in [5.74, 6) is -0.297. The lowest BCUT2D eigenvalue weighted by molar-refractivity contribution is -0.165. The SMILES string of the molecule is CC(C)(C)OC(=O)n1ccc2c(-c3cc(C(=O)c4nc5nc(N6CCC(O)CC6)ccc5[nH]4)ccc3C#N)cncc21.CC(C)[C@H](CC(=O)OC(C)(C)C)C(=O)OC1CCN(c2ccc3[nH]c(C(=O)c4ccc(C#N)c(-c5cncc6c5ccn6C(=O)OC(C)(C)C)c4)nc3n2)CC1.CC(C)[C@H](N)C(=O)OC1CCN(c2ccc3[nH]c(C(=O)c4ccc(C#N)c(-c5cncc6c5C=CC6)c4)nc3n2)CC1.Cl.Cl. The third-order valence-electron chi connectivity index (χ3n) is 24.6. The summed E-state index contributed by atoms with van der Waals surface area (Å²) in [6.45, 7) is 27.6. The molecule has 37 heteroatoms. The number of H-pyrrole nitrogens is 3. The molecular weight excluding hydrogens is 1850 g/mol. The number of nitriles is 3. The van der Waals surface area contributed by atoms with Crippen LogP contribution in [0.3, 0.4) is 0 Å². The number of rotatable bonds is 20. The molecule has 0 radical (unpaired) electrons. The number of aliphatic hydroxyl groups is 1. The van der Waals surface area contributed by atoms with Gasteiger partial charge in [0.2, 0.25) is 17.3 Å². The smallest absolute Gasteiger partial charge is 0.419 e. The number of aromatic nitrogens is 14. The summed E-state index contributed by atoms with van der Waals surface area (Å²) in [7, 11) is 0. The van der Waals surface area contributed by atoms with Crippen LogP contribution in [0.2, 0.25) is 0 Å². The minimum Gasteiger partial charge on any atom is -0.462 e. The number of nitrogens with two attached hydrogens (primary N) is 1. The van der Waals surface area contributed by atoms with Crippen LogP contribution < -0.4 is 20.4 Å². The van der Waals surface area contributed by atoms with E-state index >= 15 is 0 Å². The van der Waals surface area contributed by atoms with Crippen molar-refractivity contribution in [1.82, 2.24) is 68.9 Å². The molecule has 35 nitrogen and oxygen atoms in total. The first-order valence-corrected chi connectivity index (χ1v) is 46.5. The molecule has 3 fully saturated rings. The molecule has 3 aliphatic heterocycles. The summed E-state index contributed by atoms with van der Waals surface area (Å²) >= 11 is 0. The number of esters is 3. The number of ether oxygens (including phenoxy) is 5. The summed E-state index contributed by atoms with van der Waals surface area (Å²) in [5, 5.41) is 40.8. The van der Waals surface area contributed by atoms with E-state index in [1.165, 1.54) is 9.13 Å². The van der Waals surface area contributed by atoms with Crippen molar-refractivity contribution in [2.75, 3.05) is 54.0 Å². The first-order chi connectivity index (χ1) is 66.8. The van der Waals surface area contributed by atoms with Crippen LogP contribution in [0.15, 0.2) is 159 Å². The highest BCUT2D eigenvalue weighted by molar-refractivity contribution is 6.12. The molecule has 2 atom stereocenters. The Morgan fingerprint density at radius 1 is 0.451 bits per heavy atom. The lowest BCUT2D eigenvalue weighted by Gasteiger charge is -2.33. The van der Waals surface area contributed by atoms with Gasteiger partial charge in [0.15, 0.2) is 34.4 Å². The number of carbonyl (C=O) groups excluding carboxylic acids is 8. The van der Waals surface area contributed by atoms with Crippen LogP contribution in [0.25, 0.3) is 94.8 Å². The van der Waals surface area contributed by atoms with Crippen molar-refractivity contribution in [3.05, 3.63) is 221 Å². The molecule has 3 aromatic carbocycles. The zero-order valence-corrected chi connectivity index (χ0v) is 82.4. The van der Waals surface area contributed by atoms with E-state index in [4.69, 9.17) is 39.4 Å². The van der Waals surface area contributed by atoms with Gasteiger partial charge < -0.3 is 64.2 Å². The number of nitrogens with one attached hydrogen (secondary N) is 3. The van der Waals surface area contributed by atoms with E-state index in [-0.39, 0.29) is 96.4 Å². The standard InChI is InChI=1S/C42H47N7O7.C32H31N7O3.C31H29N7O4.2ClH/c1-24(2)29(20-35(50)55-41(3,4)5)39(52)54-27-13-16-48(17-14-27)34-12-11-32-37(46-34)47-38(45-32)36(51)25-9-10-26(21-43)30(19-25)31-22-44-23-33-28(31)15-18-49(33)40(53)56-42(6,7)8;1-18(2)28(34)32(41)42-22-10-12-39(13-11-22)27-9-8-26-30(37-27)38-31(36-26)29(40)19-6-7-20(15-33)24(14-19)25-17-35-16-21-4-3-5-23(21)25;1-31(2,3)42-30(41)38-13-10-21-23(16-33-17-25(21)38)22-14-18(4-5-19(22)15-32)27(40)29-34-24-6-7-26(35-28(24)36-29)37-11-8-20(39)9-12-37;;/h9-12,15,18-19,22-24,27,29H,13-14,16-17,20H2,1-8H3,(H,45,46,47);3,5-9,14,16-18,22,28H,4,10-13,34H2,1-2H3,(H,36,37,38);4-7,10,13-14,16-17,20,39H,8-9,11-12H2,1-3H3,(H,34,35,36);2*1H/t29-;28-;;;/m00.../s1. The lowest BCUT2D eigenvalue weighted by Crippen LogP contribution is -2.43. The maximum atomic E-state index is 13.8. The van der Waals surface area contributed by atoms with Crippen molar-refractivity contribution in [3.63, 3.8) is 0 Å². The van der Waals surface area contributed by atoms with E-state index in [0.29, 0.717) is 200 Å². The lowest BCUT2D eigenvalue weighted by atomic mass is 9.92. The van der Waals surface area contributed by atoms with Gasteiger partial charge in [0.05, 0.1) is 93.3 Å². The van der Waals surface area contributed by atoms with E-state index in [2.05, 4.69) is 88.8 Å². The number of hydrogen-bond donors (Lipinski definition) is 5. The van der Waals surface area contributed by atoms with Gasteiger partial charge in [-0.3, -0.25) is 52.9 Å². The van der Waals surface area contributed by atoms with Crippen molar-refractivity contribution in [2.45, 2.75) is 183 Å². The second kappa shape index (κ2) is 42.7. The second-order valence-electron chi connectivity index (χ2n) is 38.8. The van der Waals surface area contributed by atoms with Gasteiger partial charge >= 0.3 is 30.1 Å². The fourth-order valence-electron chi connectivity index (χ4n) is 17.2. The van der Waals surface area contributed by atoms with Gasteiger partial charge in [-0.15, -0.1) is 24.8 Å². The van der Waals surface area contributed by atoms with Gasteiger partial charge in [0.1, 0.15) is 52.5 Å². The molecular formula is C105H109Cl2N21O14. The number of aliphatic hydroxyl groups excluding tert-OH is 1. The number of imidazole rings is 3. The summed E-state index contributed by atoms with van der Waals surface area (Å²) in [6.07, 6.45) is 20.0. The molecule has 0 unspecified atom stereocenters. The van der Waals surface area contributed by atoms with Crippen LogP contribution >= 0.6 is 24.8 Å². The molecule has 1 aliphatic carbocycles. The molecule has 6 N–H and O–H groups in total. The first-order valence-electron chi connectivity index (χ1n) is 46.5. The highest BCUT2D eigenvalue weighted by Crippen LogP contribution is 2.39. The zero-order chi connectivity index (χ0) is 99.5. The van der Waals surface area contributed by atoms with E-state index in [1.54, 1.807) is 172 Å². The third kappa shape index (κ3) is 23.0. The molecule has 0 bridgehead atoms. The number of piperidine rings is 3. The van der Waals surface area contributed by atoms with Crippen molar-refractivity contribution in [3.8, 4) is 51.6 Å². The molecule has 14 heterocycles. The van der Waals surface area contributed by atoms with Crippen LogP contribution in [0.5, 0.6) is 0 Å². The Balaban J connectivity index is 0.000000170. The van der Waals surface area contributed by atoms with Crippen LogP contribution in [0.4, 0.5) is 27.0 Å². The zero-order valence-electron chi connectivity index (χ0n) is 80.8. The van der Waals surface area contributed by atoms with Gasteiger partial charge in [-0.05, 0) is 208 Å². The molecule has 14 aromatic rings. The Bertz CT molecular complexity index is 7370. The Hall–Kier alpha value is -15.5. The molecule has 11 aromatic heterocycles. The Kier molecular flexibility index (Phi) is 30.8. The predicted octanol–water partition coefficient (Wildman–Crippen LogP) is 17.2. The average molecular weight is 1960 g/mol. The highest BCUT2D eigenvalue weighted by atomic mass is 35.5. The number of aromatic amines is 3. The fourth-order valence-corrected chi connectivity index (χ4v) is 17.2. The Morgan fingerprint density at radius 2 is 0.817 bits per heavy atom. The number of allylic oxidation sites excluding steroid dienone is 1. The maximum absolute atomic E-state index is 13.8. The maximum Gasteiger partial charge on any atom is 0.419 e. The number of pyridine rings is 6. The number of anilines is 3. The molecule has 732 valence electrons. The van der Waals surface area contributed by atoms with Crippen molar-refractivity contribution >= 4 is 151 Å². The van der Waals surface area contributed by atoms with E-state index in [9.17, 15) is 59.2 Å². The largest absolute Gasteiger partial charge is 0.462 e. The molecule has 0 saturated carbocycles.